The van der Waals surface area contributed by atoms with E-state index in [-0.39, 0.29) is 11.5 Å². The van der Waals surface area contributed by atoms with Crippen molar-refractivity contribution in [3.63, 3.8) is 0 Å². The van der Waals surface area contributed by atoms with Crippen LogP contribution in [0.15, 0.2) is 39.9 Å². The topological polar surface area (TPSA) is 62.0 Å². The van der Waals surface area contributed by atoms with Crippen LogP contribution in [0.1, 0.15) is 32.8 Å². The Morgan fingerprint density at radius 2 is 1.95 bits per heavy atom. The van der Waals surface area contributed by atoms with Crippen LogP contribution >= 0.6 is 0 Å². The summed E-state index contributed by atoms with van der Waals surface area (Å²) in [5.74, 6) is -5.48. The summed E-state index contributed by atoms with van der Waals surface area (Å²) >= 11 is 0. The van der Waals surface area contributed by atoms with E-state index in [1.54, 1.807) is 0 Å². The number of azo groups is 1. The Morgan fingerprint density at radius 1 is 1.33 bits per heavy atom. The van der Waals surface area contributed by atoms with Gasteiger partial charge in [-0.1, -0.05) is 13.0 Å². The van der Waals surface area contributed by atoms with E-state index in [1.165, 1.54) is 19.9 Å². The molecule has 0 spiro atoms. The number of carbonyl (C=O) groups excluding carboxylic acids is 1. The SMILES string of the molecule is CCC(F)(F)c1cccc(N=NC(C(C)=O)=C(C)O)c1F. The molecule has 1 aromatic rings. The molecular weight excluding hydrogens is 285 g/mol. The average Bonchev–Trinajstić information content (AvgIpc) is 2.39. The fourth-order valence-corrected chi connectivity index (χ4v) is 1.57. The zero-order valence-electron chi connectivity index (χ0n) is 11.8. The van der Waals surface area contributed by atoms with Gasteiger partial charge in [-0.05, 0) is 19.1 Å². The van der Waals surface area contributed by atoms with Crippen molar-refractivity contribution in [1.82, 2.24) is 0 Å². The highest BCUT2D eigenvalue weighted by atomic mass is 19.3. The minimum absolute atomic E-state index is 0.359. The largest absolute Gasteiger partial charge is 0.510 e. The molecular formula is C14H15F3N2O2. The highest BCUT2D eigenvalue weighted by Crippen LogP contribution is 2.36. The van der Waals surface area contributed by atoms with Crippen molar-refractivity contribution in [3.8, 4) is 0 Å². The van der Waals surface area contributed by atoms with E-state index in [9.17, 15) is 23.1 Å². The van der Waals surface area contributed by atoms with Gasteiger partial charge >= 0.3 is 0 Å². The van der Waals surface area contributed by atoms with Gasteiger partial charge in [-0.2, -0.15) is 0 Å². The Morgan fingerprint density at radius 3 is 2.43 bits per heavy atom. The molecule has 0 atom stereocenters. The van der Waals surface area contributed by atoms with Gasteiger partial charge in [0, 0.05) is 13.3 Å². The number of halogens is 3. The molecule has 0 aliphatic heterocycles. The summed E-state index contributed by atoms with van der Waals surface area (Å²) in [6, 6.07) is 3.34. The van der Waals surface area contributed by atoms with Crippen molar-refractivity contribution >= 4 is 11.5 Å². The maximum atomic E-state index is 14.0. The zero-order valence-corrected chi connectivity index (χ0v) is 11.8. The number of hydrogen-bond donors (Lipinski definition) is 1. The number of rotatable bonds is 5. The lowest BCUT2D eigenvalue weighted by atomic mass is 10.0. The third-order valence-electron chi connectivity index (χ3n) is 2.75. The van der Waals surface area contributed by atoms with Crippen LogP contribution in [0.3, 0.4) is 0 Å². The summed E-state index contributed by atoms with van der Waals surface area (Å²) in [5.41, 5.74) is -1.57. The summed E-state index contributed by atoms with van der Waals surface area (Å²) in [6.45, 7) is 3.60. The molecule has 0 amide bonds. The van der Waals surface area contributed by atoms with E-state index < -0.39 is 35.2 Å². The number of ketones is 1. The lowest BCUT2D eigenvalue weighted by Gasteiger charge is -2.15. The molecule has 7 heteroatoms. The number of allylic oxidation sites excluding steroid dienone is 2. The van der Waals surface area contributed by atoms with Crippen molar-refractivity contribution in [1.29, 1.82) is 0 Å². The van der Waals surface area contributed by atoms with Crippen LogP contribution in [0, 0.1) is 5.82 Å². The first-order chi connectivity index (χ1) is 9.70. The third kappa shape index (κ3) is 3.90. The lowest BCUT2D eigenvalue weighted by molar-refractivity contribution is -0.113. The molecule has 1 rings (SSSR count). The van der Waals surface area contributed by atoms with Crippen molar-refractivity contribution in [2.45, 2.75) is 33.1 Å². The third-order valence-corrected chi connectivity index (χ3v) is 2.75. The molecule has 0 heterocycles. The summed E-state index contributed by atoms with van der Waals surface area (Å²) in [7, 11) is 0. The van der Waals surface area contributed by atoms with E-state index in [2.05, 4.69) is 10.2 Å². The molecule has 4 nitrogen and oxygen atoms in total. The van der Waals surface area contributed by atoms with Gasteiger partial charge < -0.3 is 5.11 Å². The Hall–Kier alpha value is -2.18. The minimum Gasteiger partial charge on any atom is -0.510 e. The Kier molecular flexibility index (Phi) is 5.23. The highest BCUT2D eigenvalue weighted by molar-refractivity contribution is 5.93. The van der Waals surface area contributed by atoms with Crippen molar-refractivity contribution in [3.05, 3.63) is 41.0 Å². The van der Waals surface area contributed by atoms with Crippen molar-refractivity contribution < 1.29 is 23.1 Å². The first-order valence-corrected chi connectivity index (χ1v) is 6.20. The van der Waals surface area contributed by atoms with Gasteiger partial charge in [-0.3, -0.25) is 4.79 Å². The summed E-state index contributed by atoms with van der Waals surface area (Å²) in [5, 5.41) is 16.1. The van der Waals surface area contributed by atoms with Gasteiger partial charge in [-0.25, -0.2) is 13.2 Å². The predicted molar refractivity (Wildman–Crippen MR) is 71.1 cm³/mol. The second-order valence-corrected chi connectivity index (χ2v) is 4.39. The molecule has 21 heavy (non-hydrogen) atoms. The number of carbonyl (C=O) groups is 1. The summed E-state index contributed by atoms with van der Waals surface area (Å²) < 4.78 is 41.1. The Balaban J connectivity index is 3.26. The number of benzene rings is 1. The second-order valence-electron chi connectivity index (χ2n) is 4.39. The number of Topliss-reactive ketones (excluding diaryl/α,β-unsaturated/α-hetero) is 1. The molecule has 0 aromatic heterocycles. The smallest absolute Gasteiger partial charge is 0.275 e. The molecule has 0 fully saturated rings. The van der Waals surface area contributed by atoms with Crippen molar-refractivity contribution in [2.24, 2.45) is 10.2 Å². The molecule has 0 aliphatic rings. The number of aliphatic hydroxyl groups is 1. The molecule has 1 aromatic carbocycles. The molecule has 0 radical (unpaired) electrons. The normalized spacial score (nSPS) is 13.4. The van der Waals surface area contributed by atoms with Gasteiger partial charge in [0.15, 0.2) is 17.3 Å². The quantitative estimate of drug-likeness (QED) is 0.483. The van der Waals surface area contributed by atoms with E-state index in [1.807, 2.05) is 0 Å². The zero-order chi connectivity index (χ0) is 16.2. The molecule has 0 aliphatic carbocycles. The van der Waals surface area contributed by atoms with Gasteiger partial charge in [0.2, 0.25) is 0 Å². The first-order valence-electron chi connectivity index (χ1n) is 6.20. The Labute approximate surface area is 120 Å². The lowest BCUT2D eigenvalue weighted by Crippen LogP contribution is -2.13. The van der Waals surface area contributed by atoms with E-state index >= 15 is 0 Å². The highest BCUT2D eigenvalue weighted by Gasteiger charge is 2.33. The van der Waals surface area contributed by atoms with Crippen LogP contribution in [-0.2, 0) is 10.7 Å². The second kappa shape index (κ2) is 6.51. The monoisotopic (exact) mass is 300 g/mol. The molecule has 0 saturated carbocycles. The average molecular weight is 300 g/mol. The van der Waals surface area contributed by atoms with Crippen LogP contribution in [-0.4, -0.2) is 10.9 Å². The fraction of sp³-hybridized carbons (Fsp3) is 0.357. The maximum absolute atomic E-state index is 14.0. The van der Waals surface area contributed by atoms with E-state index in [0.29, 0.717) is 0 Å². The predicted octanol–water partition coefficient (Wildman–Crippen LogP) is 4.79. The standard InChI is InChI=1S/C14H15F3N2O2/c1-4-14(16,17)10-6-5-7-11(12(10)15)18-19-13(8(2)20)9(3)21/h5-7,20H,4H2,1-3H3. The molecule has 0 unspecified atom stereocenters. The summed E-state index contributed by atoms with van der Waals surface area (Å²) in [4.78, 5) is 11.2. The first kappa shape index (κ1) is 16.9. The van der Waals surface area contributed by atoms with Crippen LogP contribution < -0.4 is 0 Å². The van der Waals surface area contributed by atoms with E-state index in [4.69, 9.17) is 0 Å². The minimum atomic E-state index is -3.32. The Bertz CT molecular complexity index is 606. The van der Waals surface area contributed by atoms with Crippen LogP contribution in [0.25, 0.3) is 0 Å². The van der Waals surface area contributed by atoms with Gasteiger partial charge in [0.25, 0.3) is 5.92 Å². The number of hydrogen-bond acceptors (Lipinski definition) is 4. The molecule has 0 saturated heterocycles. The van der Waals surface area contributed by atoms with Gasteiger partial charge in [-0.15, -0.1) is 10.2 Å². The van der Waals surface area contributed by atoms with Crippen LogP contribution in [0.5, 0.6) is 0 Å². The number of nitrogens with zero attached hydrogens (tertiary/aromatic N) is 2. The number of aliphatic hydroxyl groups excluding tert-OH is 1. The molecule has 1 N–H and O–H groups in total. The molecule has 114 valence electrons. The van der Waals surface area contributed by atoms with Gasteiger partial charge in [0.05, 0.1) is 5.56 Å². The van der Waals surface area contributed by atoms with Crippen molar-refractivity contribution in [2.75, 3.05) is 0 Å². The van der Waals surface area contributed by atoms with Gasteiger partial charge in [0.1, 0.15) is 11.4 Å². The van der Waals surface area contributed by atoms with Crippen LogP contribution in [0.2, 0.25) is 0 Å². The van der Waals surface area contributed by atoms with E-state index in [0.717, 1.165) is 19.1 Å². The molecule has 0 bridgehead atoms. The maximum Gasteiger partial charge on any atom is 0.275 e. The van der Waals surface area contributed by atoms with Crippen LogP contribution in [0.4, 0.5) is 18.9 Å². The summed E-state index contributed by atoms with van der Waals surface area (Å²) in [6.07, 6.45) is -0.557. The fourth-order valence-electron chi connectivity index (χ4n) is 1.57. The number of alkyl halides is 2.